The molecule has 1 N–H and O–H groups in total. The molecule has 7 nitrogen and oxygen atoms in total. The molecule has 5 aromatic rings. The Kier molecular flexibility index (Phi) is 4.65. The van der Waals surface area contributed by atoms with Gasteiger partial charge in [-0.2, -0.15) is 10.2 Å². The second-order valence-electron chi connectivity index (χ2n) is 9.07. The van der Waals surface area contributed by atoms with Crippen LogP contribution in [0.2, 0.25) is 0 Å². The van der Waals surface area contributed by atoms with Crippen LogP contribution in [0.5, 0.6) is 0 Å². The number of amides is 1. The quantitative estimate of drug-likeness (QED) is 0.396. The van der Waals surface area contributed by atoms with E-state index in [0.29, 0.717) is 26.3 Å². The minimum Gasteiger partial charge on any atom is -0.378 e. The maximum Gasteiger partial charge on any atom is 0.254 e. The van der Waals surface area contributed by atoms with Crippen LogP contribution < -0.4 is 0 Å². The molecule has 4 heterocycles. The number of rotatable bonds is 3. The Morgan fingerprint density at radius 3 is 2.69 bits per heavy atom. The van der Waals surface area contributed by atoms with E-state index in [1.165, 1.54) is 20.9 Å². The molecule has 1 amide bonds. The monoisotopic (exact) mass is 481 g/mol. The lowest BCUT2D eigenvalue weighted by atomic mass is 10.0. The number of fused-ring (bicyclic) bond motifs is 4. The van der Waals surface area contributed by atoms with E-state index in [1.54, 1.807) is 0 Å². The highest BCUT2D eigenvalue weighted by Crippen LogP contribution is 2.46. The molecule has 1 aliphatic heterocycles. The summed E-state index contributed by atoms with van der Waals surface area (Å²) in [5.74, 6) is 0.0764. The smallest absolute Gasteiger partial charge is 0.254 e. The molecule has 0 saturated carbocycles. The summed E-state index contributed by atoms with van der Waals surface area (Å²) >= 11 is 1.82. The van der Waals surface area contributed by atoms with Gasteiger partial charge < -0.3 is 9.64 Å². The third kappa shape index (κ3) is 3.32. The van der Waals surface area contributed by atoms with Gasteiger partial charge in [-0.15, -0.1) is 11.3 Å². The number of carbonyl (C=O) groups is 1. The lowest BCUT2D eigenvalue weighted by Gasteiger charge is -2.26. The van der Waals surface area contributed by atoms with Gasteiger partial charge in [-0.1, -0.05) is 24.3 Å². The first-order valence-corrected chi connectivity index (χ1v) is 12.6. The first-order valence-electron chi connectivity index (χ1n) is 11.8. The number of morpholine rings is 1. The summed E-state index contributed by atoms with van der Waals surface area (Å²) in [5, 5.41) is 13.5. The molecule has 0 bridgehead atoms. The first kappa shape index (κ1) is 20.6. The van der Waals surface area contributed by atoms with Gasteiger partial charge in [0.25, 0.3) is 5.91 Å². The number of aryl methyl sites for hydroxylation is 1. The van der Waals surface area contributed by atoms with Gasteiger partial charge in [-0.05, 0) is 29.8 Å². The molecule has 0 atom stereocenters. The molecule has 1 aliphatic carbocycles. The van der Waals surface area contributed by atoms with Gasteiger partial charge in [0.15, 0.2) is 0 Å². The Morgan fingerprint density at radius 1 is 1.06 bits per heavy atom. The van der Waals surface area contributed by atoms with Crippen LogP contribution in [0.25, 0.3) is 43.9 Å². The molecule has 2 aliphatic rings. The van der Waals surface area contributed by atoms with Gasteiger partial charge in [-0.3, -0.25) is 14.6 Å². The predicted octanol–water partition coefficient (Wildman–Crippen LogP) is 4.74. The highest BCUT2D eigenvalue weighted by molar-refractivity contribution is 7.16. The van der Waals surface area contributed by atoms with Crippen LogP contribution in [0.3, 0.4) is 0 Å². The third-order valence-corrected chi connectivity index (χ3v) is 8.20. The van der Waals surface area contributed by atoms with E-state index >= 15 is 0 Å². The van der Waals surface area contributed by atoms with Crippen molar-refractivity contribution in [1.29, 1.82) is 0 Å². The zero-order valence-electron chi connectivity index (χ0n) is 19.2. The van der Waals surface area contributed by atoms with Crippen LogP contribution in [0.1, 0.15) is 20.8 Å². The molecule has 0 spiro atoms. The molecule has 0 radical (unpaired) electrons. The summed E-state index contributed by atoms with van der Waals surface area (Å²) in [6.45, 7) is 2.53. The van der Waals surface area contributed by atoms with E-state index in [9.17, 15) is 4.79 Å². The maximum absolute atomic E-state index is 12.8. The van der Waals surface area contributed by atoms with Gasteiger partial charge in [0, 0.05) is 64.0 Å². The van der Waals surface area contributed by atoms with Crippen molar-refractivity contribution in [2.75, 3.05) is 26.3 Å². The van der Waals surface area contributed by atoms with E-state index in [2.05, 4.69) is 51.7 Å². The standard InChI is InChI=1S/C27H23N5O2S/c1-31-22-12-18(6-7-19(22)15-28-31)25-21-14-24-20(26(21)30-29-25)13-23(35-24)16-2-4-17(5-3-16)27(33)32-8-10-34-11-9-32/h2-7,12-13,15H,8-11,14H2,1H3,(H,29,30). The predicted molar refractivity (Wildman–Crippen MR) is 137 cm³/mol. The molecule has 1 fully saturated rings. The first-order chi connectivity index (χ1) is 17.2. The molecule has 7 rings (SSSR count). The van der Waals surface area contributed by atoms with Crippen LogP contribution >= 0.6 is 11.3 Å². The Morgan fingerprint density at radius 2 is 1.86 bits per heavy atom. The molecule has 35 heavy (non-hydrogen) atoms. The van der Waals surface area contributed by atoms with Crippen molar-refractivity contribution in [3.63, 3.8) is 0 Å². The summed E-state index contributed by atoms with van der Waals surface area (Å²) < 4.78 is 7.26. The van der Waals surface area contributed by atoms with Crippen LogP contribution in [0, 0.1) is 0 Å². The number of nitrogens with zero attached hydrogens (tertiary/aromatic N) is 4. The van der Waals surface area contributed by atoms with E-state index < -0.39 is 0 Å². The fourth-order valence-corrected chi connectivity index (χ4v) is 6.27. The van der Waals surface area contributed by atoms with Crippen molar-refractivity contribution >= 4 is 28.1 Å². The largest absolute Gasteiger partial charge is 0.378 e. The molecule has 0 unspecified atom stereocenters. The lowest BCUT2D eigenvalue weighted by molar-refractivity contribution is 0.0303. The number of aromatic amines is 1. The number of carbonyl (C=O) groups excluding carboxylic acids is 1. The Bertz CT molecular complexity index is 1590. The van der Waals surface area contributed by atoms with Crippen molar-refractivity contribution in [3.8, 4) is 33.0 Å². The SMILES string of the molecule is Cn1ncc2ccc(-c3n[nH]c4c3Cc3sc(-c5ccc(C(=O)N6CCOCC6)cc5)cc3-4)cc21. The summed E-state index contributed by atoms with van der Waals surface area (Å²) in [7, 11) is 1.96. The summed E-state index contributed by atoms with van der Waals surface area (Å²) in [6.07, 6.45) is 2.76. The number of aromatic nitrogens is 4. The number of hydrogen-bond acceptors (Lipinski definition) is 5. The van der Waals surface area contributed by atoms with E-state index in [0.717, 1.165) is 45.4 Å². The summed E-state index contributed by atoms with van der Waals surface area (Å²) in [4.78, 5) is 17.2. The molecular formula is C27H23N5O2S. The minimum absolute atomic E-state index is 0.0764. The fourth-order valence-electron chi connectivity index (χ4n) is 5.09. The second kappa shape index (κ2) is 7.90. The number of hydrogen-bond donors (Lipinski definition) is 1. The van der Waals surface area contributed by atoms with Gasteiger partial charge >= 0.3 is 0 Å². The Hall–Kier alpha value is -3.75. The van der Waals surface area contributed by atoms with Crippen molar-refractivity contribution in [2.45, 2.75) is 6.42 Å². The average Bonchev–Trinajstić information content (AvgIpc) is 3.66. The number of H-pyrrole nitrogens is 1. The Balaban J connectivity index is 1.16. The van der Waals surface area contributed by atoms with E-state index in [4.69, 9.17) is 4.74 Å². The molecule has 1 saturated heterocycles. The van der Waals surface area contributed by atoms with Gasteiger partial charge in [-0.25, -0.2) is 0 Å². The number of thiophene rings is 1. The van der Waals surface area contributed by atoms with Crippen molar-refractivity contribution in [1.82, 2.24) is 24.9 Å². The van der Waals surface area contributed by atoms with Crippen molar-refractivity contribution < 1.29 is 9.53 Å². The van der Waals surface area contributed by atoms with Gasteiger partial charge in [0.2, 0.25) is 0 Å². The summed E-state index contributed by atoms with van der Waals surface area (Å²) in [6, 6.07) is 16.6. The lowest BCUT2D eigenvalue weighted by Crippen LogP contribution is -2.40. The zero-order chi connectivity index (χ0) is 23.5. The van der Waals surface area contributed by atoms with E-state index in [-0.39, 0.29) is 5.91 Å². The molecule has 174 valence electrons. The topological polar surface area (TPSA) is 76.0 Å². The normalized spacial score (nSPS) is 14.9. The zero-order valence-corrected chi connectivity index (χ0v) is 20.1. The van der Waals surface area contributed by atoms with Crippen molar-refractivity contribution in [2.24, 2.45) is 7.05 Å². The number of nitrogens with one attached hydrogen (secondary N) is 1. The van der Waals surface area contributed by atoms with Gasteiger partial charge in [0.05, 0.1) is 36.3 Å². The van der Waals surface area contributed by atoms with Crippen molar-refractivity contribution in [3.05, 3.63) is 70.7 Å². The minimum atomic E-state index is 0.0764. The number of benzene rings is 2. The van der Waals surface area contributed by atoms with E-state index in [1.807, 2.05) is 46.3 Å². The molecule has 3 aromatic heterocycles. The van der Waals surface area contributed by atoms with Gasteiger partial charge in [0.1, 0.15) is 0 Å². The Labute approximate surface area is 206 Å². The summed E-state index contributed by atoms with van der Waals surface area (Å²) in [5.41, 5.74) is 8.68. The molecular weight excluding hydrogens is 458 g/mol. The molecule has 2 aromatic carbocycles. The van der Waals surface area contributed by atoms with Crippen LogP contribution in [-0.4, -0.2) is 57.1 Å². The average molecular weight is 482 g/mol. The van der Waals surface area contributed by atoms with Crippen LogP contribution in [-0.2, 0) is 18.2 Å². The molecule has 8 heteroatoms. The second-order valence-corrected chi connectivity index (χ2v) is 10.2. The van der Waals surface area contributed by atoms with Crippen LogP contribution in [0.15, 0.2) is 54.7 Å². The highest BCUT2D eigenvalue weighted by Gasteiger charge is 2.28. The fraction of sp³-hybridized carbons (Fsp3) is 0.222. The third-order valence-electron chi connectivity index (χ3n) is 7.02. The maximum atomic E-state index is 12.8. The highest BCUT2D eigenvalue weighted by atomic mass is 32.1. The van der Waals surface area contributed by atoms with Crippen LogP contribution in [0.4, 0.5) is 0 Å². The number of ether oxygens (including phenoxy) is 1.